The van der Waals surface area contributed by atoms with Crippen molar-refractivity contribution in [2.24, 2.45) is 0 Å². The average Bonchev–Trinajstić information content (AvgIpc) is 3.15. The minimum atomic E-state index is -0.299. The van der Waals surface area contributed by atoms with Gasteiger partial charge < -0.3 is 20.4 Å². The Kier molecular flexibility index (Phi) is 4.06. The van der Waals surface area contributed by atoms with E-state index in [4.69, 9.17) is 4.42 Å². The summed E-state index contributed by atoms with van der Waals surface area (Å²) in [7, 11) is 0. The Morgan fingerprint density at radius 2 is 1.96 bits per heavy atom. The second kappa shape index (κ2) is 6.67. The molecule has 130 valence electrons. The molecule has 0 spiro atoms. The molecule has 3 aromatic rings. The fraction of sp³-hybridized carbons (Fsp3) is 0.111. The lowest BCUT2D eigenvalue weighted by Gasteiger charge is -2.19. The molecule has 3 N–H and O–H groups in total. The number of anilines is 2. The molecule has 0 unspecified atom stereocenters. The Labute approximate surface area is 148 Å². The molecule has 0 fully saturated rings. The van der Waals surface area contributed by atoms with Gasteiger partial charge in [-0.3, -0.25) is 9.59 Å². The van der Waals surface area contributed by atoms with Crippen LogP contribution in [0.3, 0.4) is 0 Å². The molecule has 2 amide bonds. The lowest BCUT2D eigenvalue weighted by molar-refractivity contribution is -0.114. The Morgan fingerprint density at radius 1 is 1.12 bits per heavy atom. The number of amides is 2. The summed E-state index contributed by atoms with van der Waals surface area (Å²) in [5, 5.41) is 16.4. The number of carbonyl (C=O) groups is 2. The number of fused-ring (bicyclic) bond motifs is 1. The van der Waals surface area contributed by atoms with Crippen molar-refractivity contribution in [3.8, 4) is 11.5 Å². The van der Waals surface area contributed by atoms with Gasteiger partial charge in [0.05, 0.1) is 24.5 Å². The van der Waals surface area contributed by atoms with Gasteiger partial charge in [0, 0.05) is 11.1 Å². The van der Waals surface area contributed by atoms with E-state index in [0.29, 0.717) is 23.0 Å². The zero-order chi connectivity index (χ0) is 17.9. The summed E-state index contributed by atoms with van der Waals surface area (Å²) in [5.74, 6) is 0.268. The first-order valence-electron chi connectivity index (χ1n) is 8.03. The maximum absolute atomic E-state index is 12.3. The summed E-state index contributed by atoms with van der Waals surface area (Å²) in [6.07, 6.45) is 0. The number of benzene rings is 2. The molecule has 4 rings (SSSR count). The van der Waals surface area contributed by atoms with Crippen LogP contribution in [0, 0.1) is 0 Å². The summed E-state index contributed by atoms with van der Waals surface area (Å²) in [5.41, 5.74) is 2.61. The van der Waals surface area contributed by atoms with E-state index in [9.17, 15) is 9.59 Å². The summed E-state index contributed by atoms with van der Waals surface area (Å²) < 4.78 is 5.56. The molecule has 0 atom stereocenters. The van der Waals surface area contributed by atoms with Crippen molar-refractivity contribution in [3.63, 3.8) is 0 Å². The van der Waals surface area contributed by atoms with Crippen LogP contribution >= 0.6 is 0 Å². The predicted octanol–water partition coefficient (Wildman–Crippen LogP) is 2.03. The van der Waals surface area contributed by atoms with Crippen LogP contribution in [0.15, 0.2) is 52.9 Å². The van der Waals surface area contributed by atoms with E-state index in [1.165, 1.54) is 0 Å². The average molecular weight is 349 g/mol. The summed E-state index contributed by atoms with van der Waals surface area (Å²) in [6, 6.07) is 14.5. The third-order valence-electron chi connectivity index (χ3n) is 3.88. The number of aromatic nitrogens is 2. The maximum atomic E-state index is 12.3. The Bertz CT molecular complexity index is 968. The molecule has 2 aromatic carbocycles. The van der Waals surface area contributed by atoms with Gasteiger partial charge in [0.15, 0.2) is 0 Å². The first-order valence-corrected chi connectivity index (χ1v) is 8.03. The number of hydrogen-bond donors (Lipinski definition) is 3. The highest BCUT2D eigenvalue weighted by molar-refractivity contribution is 6.03. The zero-order valence-corrected chi connectivity index (χ0v) is 13.7. The van der Waals surface area contributed by atoms with E-state index in [1.807, 2.05) is 30.3 Å². The lowest BCUT2D eigenvalue weighted by atomic mass is 10.1. The fourth-order valence-electron chi connectivity index (χ4n) is 2.59. The highest BCUT2D eigenvalue weighted by Gasteiger charge is 2.16. The maximum Gasteiger partial charge on any atom is 0.251 e. The van der Waals surface area contributed by atoms with Crippen molar-refractivity contribution >= 4 is 23.2 Å². The van der Waals surface area contributed by atoms with E-state index in [0.717, 1.165) is 11.3 Å². The predicted molar refractivity (Wildman–Crippen MR) is 94.5 cm³/mol. The van der Waals surface area contributed by atoms with Crippen LogP contribution in [0.1, 0.15) is 16.2 Å². The fourth-order valence-corrected chi connectivity index (χ4v) is 2.59. The van der Waals surface area contributed by atoms with Gasteiger partial charge in [-0.15, -0.1) is 10.2 Å². The Morgan fingerprint density at radius 3 is 2.81 bits per heavy atom. The molecule has 2 heterocycles. The second-order valence-corrected chi connectivity index (χ2v) is 5.71. The van der Waals surface area contributed by atoms with Crippen molar-refractivity contribution in [3.05, 3.63) is 60.0 Å². The first kappa shape index (κ1) is 15.8. The monoisotopic (exact) mass is 349 g/mol. The molecule has 0 saturated heterocycles. The van der Waals surface area contributed by atoms with E-state index < -0.39 is 0 Å². The lowest BCUT2D eigenvalue weighted by Crippen LogP contribution is -2.28. The zero-order valence-electron chi connectivity index (χ0n) is 13.7. The molecule has 0 saturated carbocycles. The minimum Gasteiger partial charge on any atom is -0.419 e. The normalized spacial score (nSPS) is 12.7. The summed E-state index contributed by atoms with van der Waals surface area (Å²) in [6.45, 7) is 0.333. The molecule has 0 bridgehead atoms. The second-order valence-electron chi connectivity index (χ2n) is 5.71. The Balaban J connectivity index is 1.42. The number of nitrogens with zero attached hydrogens (tertiary/aromatic N) is 2. The summed E-state index contributed by atoms with van der Waals surface area (Å²) >= 11 is 0. The highest BCUT2D eigenvalue weighted by atomic mass is 16.4. The van der Waals surface area contributed by atoms with Crippen molar-refractivity contribution in [2.75, 3.05) is 17.2 Å². The van der Waals surface area contributed by atoms with Gasteiger partial charge in [-0.1, -0.05) is 18.2 Å². The van der Waals surface area contributed by atoms with Crippen molar-refractivity contribution < 1.29 is 14.0 Å². The molecule has 0 radical (unpaired) electrons. The quantitative estimate of drug-likeness (QED) is 0.665. The van der Waals surface area contributed by atoms with Crippen LogP contribution in [-0.4, -0.2) is 28.6 Å². The summed E-state index contributed by atoms with van der Waals surface area (Å²) in [4.78, 5) is 23.8. The number of hydrogen-bond acceptors (Lipinski definition) is 6. The minimum absolute atomic E-state index is 0.111. The standard InChI is InChI=1S/C18H15N5O3/c24-15-9-19-13-7-6-12(8-14(13)21-15)17(25)20-10-16-22-23-18(26-16)11-4-2-1-3-5-11/h1-8,19H,9-10H2,(H,20,25)(H,21,24). The molecule has 26 heavy (non-hydrogen) atoms. The van der Waals surface area contributed by atoms with Gasteiger partial charge >= 0.3 is 0 Å². The number of carbonyl (C=O) groups excluding carboxylic acids is 2. The van der Waals surface area contributed by atoms with Crippen molar-refractivity contribution in [2.45, 2.75) is 6.54 Å². The molecule has 1 aliphatic rings. The van der Waals surface area contributed by atoms with Gasteiger partial charge in [0.1, 0.15) is 0 Å². The third-order valence-corrected chi connectivity index (χ3v) is 3.88. The molecule has 8 heteroatoms. The smallest absolute Gasteiger partial charge is 0.251 e. The van der Waals surface area contributed by atoms with E-state index >= 15 is 0 Å². The number of nitrogens with one attached hydrogen (secondary N) is 3. The van der Waals surface area contributed by atoms with E-state index in [2.05, 4.69) is 26.1 Å². The first-order chi connectivity index (χ1) is 12.7. The Hall–Kier alpha value is -3.68. The molecule has 8 nitrogen and oxygen atoms in total. The van der Waals surface area contributed by atoms with E-state index in [1.54, 1.807) is 18.2 Å². The SMILES string of the molecule is O=C1CNc2ccc(C(=O)NCc3nnc(-c4ccccc4)o3)cc2N1. The van der Waals surface area contributed by atoms with E-state index in [-0.39, 0.29) is 24.9 Å². The topological polar surface area (TPSA) is 109 Å². The van der Waals surface area contributed by atoms with Crippen LogP contribution in [0.5, 0.6) is 0 Å². The van der Waals surface area contributed by atoms with Gasteiger partial charge in [0.25, 0.3) is 5.91 Å². The van der Waals surface area contributed by atoms with Gasteiger partial charge in [-0.2, -0.15) is 0 Å². The third kappa shape index (κ3) is 3.25. The van der Waals surface area contributed by atoms with Crippen LogP contribution in [0.4, 0.5) is 11.4 Å². The molecular formula is C18H15N5O3. The van der Waals surface area contributed by atoms with Crippen LogP contribution in [-0.2, 0) is 11.3 Å². The molecule has 1 aliphatic heterocycles. The van der Waals surface area contributed by atoms with Gasteiger partial charge in [-0.25, -0.2) is 0 Å². The largest absolute Gasteiger partial charge is 0.419 e. The van der Waals surface area contributed by atoms with Crippen molar-refractivity contribution in [1.29, 1.82) is 0 Å². The highest BCUT2D eigenvalue weighted by Crippen LogP contribution is 2.25. The van der Waals surface area contributed by atoms with Gasteiger partial charge in [0.2, 0.25) is 17.7 Å². The van der Waals surface area contributed by atoms with Gasteiger partial charge in [-0.05, 0) is 30.3 Å². The van der Waals surface area contributed by atoms with Crippen molar-refractivity contribution in [1.82, 2.24) is 15.5 Å². The van der Waals surface area contributed by atoms with Crippen LogP contribution < -0.4 is 16.0 Å². The van der Waals surface area contributed by atoms with Crippen LogP contribution in [0.2, 0.25) is 0 Å². The number of rotatable bonds is 4. The molecule has 1 aromatic heterocycles. The molecular weight excluding hydrogens is 334 g/mol. The molecule has 0 aliphatic carbocycles. The van der Waals surface area contributed by atoms with Crippen LogP contribution in [0.25, 0.3) is 11.5 Å².